The summed E-state index contributed by atoms with van der Waals surface area (Å²) in [6.45, 7) is 3.23. The van der Waals surface area contributed by atoms with Crippen molar-refractivity contribution in [1.29, 1.82) is 0 Å². The number of carbonyl (C=O) groups is 1. The SMILES string of the molecule is CC(=CC1CCC(OCC2CO2)CC1)C(=O)O. The zero-order chi connectivity index (χ0) is 12.3. The minimum absolute atomic E-state index is 0.335. The zero-order valence-electron chi connectivity index (χ0n) is 10.2. The minimum Gasteiger partial charge on any atom is -0.478 e. The molecule has 2 fully saturated rings. The lowest BCUT2D eigenvalue weighted by atomic mass is 9.86. The highest BCUT2D eigenvalue weighted by Gasteiger charge is 2.26. The van der Waals surface area contributed by atoms with Crippen LogP contribution in [0.1, 0.15) is 32.6 Å². The highest BCUT2D eigenvalue weighted by atomic mass is 16.6. The molecule has 1 atom stereocenters. The molecule has 1 unspecified atom stereocenters. The van der Waals surface area contributed by atoms with E-state index in [1.54, 1.807) is 6.92 Å². The fraction of sp³-hybridized carbons (Fsp3) is 0.769. The van der Waals surface area contributed by atoms with E-state index < -0.39 is 5.97 Å². The van der Waals surface area contributed by atoms with Gasteiger partial charge in [0.25, 0.3) is 0 Å². The maximum Gasteiger partial charge on any atom is 0.330 e. The Kier molecular flexibility index (Phi) is 4.18. The Bertz CT molecular complexity index is 299. The van der Waals surface area contributed by atoms with Gasteiger partial charge in [-0.3, -0.25) is 0 Å². The molecule has 4 nitrogen and oxygen atoms in total. The molecule has 17 heavy (non-hydrogen) atoms. The van der Waals surface area contributed by atoms with Crippen LogP contribution in [0, 0.1) is 5.92 Å². The van der Waals surface area contributed by atoms with Crippen molar-refractivity contribution in [3.8, 4) is 0 Å². The van der Waals surface area contributed by atoms with Gasteiger partial charge in [-0.2, -0.15) is 0 Å². The Morgan fingerprint density at radius 3 is 2.59 bits per heavy atom. The molecular formula is C13H20O4. The molecule has 4 heteroatoms. The van der Waals surface area contributed by atoms with E-state index in [0.29, 0.717) is 23.7 Å². The summed E-state index contributed by atoms with van der Waals surface area (Å²) in [6, 6.07) is 0. The van der Waals surface area contributed by atoms with Crippen LogP contribution in [0.15, 0.2) is 11.6 Å². The van der Waals surface area contributed by atoms with Crippen LogP contribution in [0.25, 0.3) is 0 Å². The van der Waals surface area contributed by atoms with Gasteiger partial charge in [-0.1, -0.05) is 6.08 Å². The predicted octanol–water partition coefficient (Wildman–Crippen LogP) is 1.99. The van der Waals surface area contributed by atoms with Crippen molar-refractivity contribution in [3.05, 3.63) is 11.6 Å². The summed E-state index contributed by atoms with van der Waals surface area (Å²) >= 11 is 0. The summed E-state index contributed by atoms with van der Waals surface area (Å²) < 4.78 is 10.8. The number of ether oxygens (including phenoxy) is 2. The number of rotatable bonds is 5. The van der Waals surface area contributed by atoms with Gasteiger partial charge in [-0.15, -0.1) is 0 Å². The molecule has 0 amide bonds. The first kappa shape index (κ1) is 12.6. The van der Waals surface area contributed by atoms with Crippen LogP contribution in [0.5, 0.6) is 0 Å². The lowest BCUT2D eigenvalue weighted by Crippen LogP contribution is -2.23. The Morgan fingerprint density at radius 1 is 1.41 bits per heavy atom. The highest BCUT2D eigenvalue weighted by molar-refractivity contribution is 5.85. The van der Waals surface area contributed by atoms with E-state index in [2.05, 4.69) is 0 Å². The molecule has 1 N–H and O–H groups in total. The first-order chi connectivity index (χ1) is 8.15. The van der Waals surface area contributed by atoms with Gasteiger partial charge in [0, 0.05) is 5.57 Å². The fourth-order valence-electron chi connectivity index (χ4n) is 2.25. The third-order valence-electron chi connectivity index (χ3n) is 3.46. The number of epoxide rings is 1. The Balaban J connectivity index is 1.69. The molecular weight excluding hydrogens is 220 g/mol. The largest absolute Gasteiger partial charge is 0.478 e. The Morgan fingerprint density at radius 2 is 2.06 bits per heavy atom. The molecule has 1 saturated carbocycles. The number of carboxylic acids is 1. The van der Waals surface area contributed by atoms with Crippen molar-refractivity contribution in [2.75, 3.05) is 13.2 Å². The van der Waals surface area contributed by atoms with Crippen molar-refractivity contribution in [2.24, 2.45) is 5.92 Å². The first-order valence-corrected chi connectivity index (χ1v) is 6.30. The van der Waals surface area contributed by atoms with Gasteiger partial charge < -0.3 is 14.6 Å². The second-order valence-electron chi connectivity index (χ2n) is 4.98. The van der Waals surface area contributed by atoms with Gasteiger partial charge in [-0.05, 0) is 38.5 Å². The number of hydrogen-bond donors (Lipinski definition) is 1. The minimum atomic E-state index is -0.811. The standard InChI is InChI=1S/C13H20O4/c1-9(13(14)15)6-10-2-4-11(5-3-10)16-7-12-8-17-12/h6,10-12H,2-5,7-8H2,1H3,(H,14,15). The second-order valence-corrected chi connectivity index (χ2v) is 4.98. The molecule has 1 heterocycles. The molecule has 2 rings (SSSR count). The molecule has 2 aliphatic rings. The third-order valence-corrected chi connectivity index (χ3v) is 3.46. The van der Waals surface area contributed by atoms with E-state index in [-0.39, 0.29) is 0 Å². The predicted molar refractivity (Wildman–Crippen MR) is 62.8 cm³/mol. The molecule has 96 valence electrons. The van der Waals surface area contributed by atoms with Gasteiger partial charge in [-0.25, -0.2) is 4.79 Å². The molecule has 0 radical (unpaired) electrons. The summed E-state index contributed by atoms with van der Waals surface area (Å²) in [5.74, 6) is -0.405. The second kappa shape index (κ2) is 5.65. The van der Waals surface area contributed by atoms with Crippen molar-refractivity contribution in [3.63, 3.8) is 0 Å². The van der Waals surface area contributed by atoms with Gasteiger partial charge in [0.1, 0.15) is 6.10 Å². The Labute approximate surface area is 102 Å². The zero-order valence-corrected chi connectivity index (χ0v) is 10.2. The number of carboxylic acid groups (broad SMARTS) is 1. The molecule has 0 aromatic heterocycles. The van der Waals surface area contributed by atoms with Gasteiger partial charge in [0.05, 0.1) is 19.3 Å². The van der Waals surface area contributed by atoms with Crippen LogP contribution >= 0.6 is 0 Å². The molecule has 0 bridgehead atoms. The van der Waals surface area contributed by atoms with Crippen molar-refractivity contribution in [2.45, 2.75) is 44.8 Å². The van der Waals surface area contributed by atoms with Crippen LogP contribution in [0.4, 0.5) is 0 Å². The van der Waals surface area contributed by atoms with Crippen LogP contribution < -0.4 is 0 Å². The summed E-state index contributed by atoms with van der Waals surface area (Å²) in [7, 11) is 0. The van der Waals surface area contributed by atoms with E-state index in [1.807, 2.05) is 6.08 Å². The summed E-state index contributed by atoms with van der Waals surface area (Å²) in [4.78, 5) is 10.7. The van der Waals surface area contributed by atoms with Crippen LogP contribution in [-0.2, 0) is 14.3 Å². The van der Waals surface area contributed by atoms with E-state index in [0.717, 1.165) is 38.9 Å². The lowest BCUT2D eigenvalue weighted by molar-refractivity contribution is -0.132. The van der Waals surface area contributed by atoms with Crippen LogP contribution in [-0.4, -0.2) is 36.5 Å². The smallest absolute Gasteiger partial charge is 0.330 e. The van der Waals surface area contributed by atoms with E-state index in [9.17, 15) is 4.79 Å². The Hall–Kier alpha value is -0.870. The maximum absolute atomic E-state index is 10.7. The van der Waals surface area contributed by atoms with Crippen molar-refractivity contribution < 1.29 is 19.4 Å². The molecule has 0 spiro atoms. The summed E-state index contributed by atoms with van der Waals surface area (Å²) in [5.41, 5.74) is 0.459. The average Bonchev–Trinajstić information content (AvgIpc) is 3.12. The van der Waals surface area contributed by atoms with Crippen LogP contribution in [0.2, 0.25) is 0 Å². The summed E-state index contributed by atoms with van der Waals surface area (Å²) in [5, 5.41) is 8.81. The van der Waals surface area contributed by atoms with Crippen molar-refractivity contribution >= 4 is 5.97 Å². The third kappa shape index (κ3) is 4.13. The molecule has 1 aliphatic heterocycles. The van der Waals surface area contributed by atoms with E-state index in [4.69, 9.17) is 14.6 Å². The first-order valence-electron chi connectivity index (χ1n) is 6.30. The normalized spacial score (nSPS) is 33.5. The van der Waals surface area contributed by atoms with Gasteiger partial charge in [0.15, 0.2) is 0 Å². The van der Waals surface area contributed by atoms with Crippen LogP contribution in [0.3, 0.4) is 0 Å². The average molecular weight is 240 g/mol. The number of hydrogen-bond acceptors (Lipinski definition) is 3. The maximum atomic E-state index is 10.7. The molecule has 1 aliphatic carbocycles. The van der Waals surface area contributed by atoms with Gasteiger partial charge in [0.2, 0.25) is 0 Å². The quantitative estimate of drug-likeness (QED) is 0.589. The monoisotopic (exact) mass is 240 g/mol. The van der Waals surface area contributed by atoms with E-state index in [1.165, 1.54) is 0 Å². The number of allylic oxidation sites excluding steroid dienone is 1. The molecule has 0 aromatic carbocycles. The lowest BCUT2D eigenvalue weighted by Gasteiger charge is -2.26. The van der Waals surface area contributed by atoms with Crippen molar-refractivity contribution in [1.82, 2.24) is 0 Å². The summed E-state index contributed by atoms with van der Waals surface area (Å²) in [6.07, 6.45) is 6.68. The number of aliphatic carboxylic acids is 1. The van der Waals surface area contributed by atoms with E-state index >= 15 is 0 Å². The topological polar surface area (TPSA) is 59.1 Å². The highest BCUT2D eigenvalue weighted by Crippen LogP contribution is 2.28. The molecule has 0 aromatic rings. The fourth-order valence-corrected chi connectivity index (χ4v) is 2.25. The molecule has 1 saturated heterocycles. The van der Waals surface area contributed by atoms with Gasteiger partial charge >= 0.3 is 5.97 Å².